The minimum absolute atomic E-state index is 0.0917. The average molecular weight is 247 g/mol. The van der Waals surface area contributed by atoms with Crippen molar-refractivity contribution in [2.24, 2.45) is 0 Å². The van der Waals surface area contributed by atoms with E-state index in [1.54, 1.807) is 24.5 Å². The molecule has 0 radical (unpaired) electrons. The number of ketones is 1. The maximum Gasteiger partial charge on any atom is 0.141 e. The molecule has 0 aliphatic carbocycles. The molecule has 0 N–H and O–H groups in total. The molecule has 2 aromatic rings. The number of rotatable bonds is 4. The molecular formula is C14H11F2NO. The van der Waals surface area contributed by atoms with E-state index in [2.05, 4.69) is 4.98 Å². The zero-order valence-corrected chi connectivity index (χ0v) is 9.57. The summed E-state index contributed by atoms with van der Waals surface area (Å²) >= 11 is 0. The molecule has 0 spiro atoms. The Morgan fingerprint density at radius 3 is 2.50 bits per heavy atom. The predicted octanol–water partition coefficient (Wildman–Crippen LogP) is 2.71. The van der Waals surface area contributed by atoms with Crippen molar-refractivity contribution in [1.82, 2.24) is 4.98 Å². The summed E-state index contributed by atoms with van der Waals surface area (Å²) in [6.45, 7) is 0. The molecule has 0 saturated carbocycles. The number of benzene rings is 1. The van der Waals surface area contributed by atoms with Crippen LogP contribution in [0.15, 0.2) is 42.7 Å². The van der Waals surface area contributed by atoms with Crippen LogP contribution in [0, 0.1) is 11.6 Å². The van der Waals surface area contributed by atoms with Crippen LogP contribution in [0.4, 0.5) is 8.78 Å². The van der Waals surface area contributed by atoms with Crippen LogP contribution in [0.3, 0.4) is 0 Å². The van der Waals surface area contributed by atoms with Crippen molar-refractivity contribution in [3.05, 3.63) is 65.5 Å². The molecule has 4 heteroatoms. The summed E-state index contributed by atoms with van der Waals surface area (Å²) in [6, 6.07) is 6.57. The second-order valence-corrected chi connectivity index (χ2v) is 3.98. The number of nitrogens with zero attached hydrogens (tertiary/aromatic N) is 1. The fourth-order valence-corrected chi connectivity index (χ4v) is 1.68. The molecule has 18 heavy (non-hydrogen) atoms. The molecule has 0 unspecified atom stereocenters. The molecule has 92 valence electrons. The van der Waals surface area contributed by atoms with E-state index >= 15 is 0 Å². The Hall–Kier alpha value is -2.10. The Bertz CT molecular complexity index is 555. The van der Waals surface area contributed by atoms with Crippen molar-refractivity contribution >= 4 is 5.78 Å². The molecular weight excluding hydrogens is 236 g/mol. The number of pyridine rings is 1. The van der Waals surface area contributed by atoms with Crippen molar-refractivity contribution in [3.8, 4) is 0 Å². The fourth-order valence-electron chi connectivity index (χ4n) is 1.68. The van der Waals surface area contributed by atoms with E-state index in [-0.39, 0.29) is 24.2 Å². The van der Waals surface area contributed by atoms with E-state index in [1.165, 1.54) is 0 Å². The summed E-state index contributed by atoms with van der Waals surface area (Å²) < 4.78 is 26.3. The van der Waals surface area contributed by atoms with E-state index in [0.29, 0.717) is 0 Å². The van der Waals surface area contributed by atoms with Gasteiger partial charge in [0.1, 0.15) is 17.4 Å². The van der Waals surface area contributed by atoms with Gasteiger partial charge in [-0.1, -0.05) is 0 Å². The molecule has 0 bridgehead atoms. The van der Waals surface area contributed by atoms with Crippen LogP contribution >= 0.6 is 0 Å². The van der Waals surface area contributed by atoms with Crippen molar-refractivity contribution < 1.29 is 13.6 Å². The van der Waals surface area contributed by atoms with E-state index in [9.17, 15) is 13.6 Å². The second kappa shape index (κ2) is 5.49. The minimum Gasteiger partial charge on any atom is -0.299 e. The Balaban J connectivity index is 2.05. The minimum atomic E-state index is -0.556. The first kappa shape index (κ1) is 12.4. The maximum atomic E-state index is 13.3. The summed E-state index contributed by atoms with van der Waals surface area (Å²) in [5, 5.41) is 0. The lowest BCUT2D eigenvalue weighted by atomic mass is 10.0. The lowest BCUT2D eigenvalue weighted by Gasteiger charge is -2.03. The Morgan fingerprint density at radius 2 is 1.78 bits per heavy atom. The van der Waals surface area contributed by atoms with Gasteiger partial charge in [0.15, 0.2) is 0 Å². The Kier molecular flexibility index (Phi) is 3.77. The molecule has 1 aromatic carbocycles. The number of carbonyl (C=O) groups is 1. The van der Waals surface area contributed by atoms with E-state index in [4.69, 9.17) is 0 Å². The zero-order valence-electron chi connectivity index (χ0n) is 9.57. The number of halogens is 2. The van der Waals surface area contributed by atoms with Gasteiger partial charge in [0.2, 0.25) is 0 Å². The van der Waals surface area contributed by atoms with Gasteiger partial charge in [0.25, 0.3) is 0 Å². The van der Waals surface area contributed by atoms with E-state index in [1.807, 2.05) is 0 Å². The van der Waals surface area contributed by atoms with Crippen LogP contribution in [-0.2, 0) is 17.6 Å². The largest absolute Gasteiger partial charge is 0.299 e. The van der Waals surface area contributed by atoms with Gasteiger partial charge >= 0.3 is 0 Å². The average Bonchev–Trinajstić information content (AvgIpc) is 2.35. The van der Waals surface area contributed by atoms with Gasteiger partial charge in [-0.15, -0.1) is 0 Å². The smallest absolute Gasteiger partial charge is 0.141 e. The summed E-state index contributed by atoms with van der Waals surface area (Å²) in [7, 11) is 0. The molecule has 0 fully saturated rings. The molecule has 2 rings (SSSR count). The first-order chi connectivity index (χ1) is 8.65. The van der Waals surface area contributed by atoms with Gasteiger partial charge in [-0.2, -0.15) is 0 Å². The third-order valence-corrected chi connectivity index (χ3v) is 2.55. The Labute approximate surface area is 103 Å². The van der Waals surface area contributed by atoms with E-state index < -0.39 is 11.6 Å². The van der Waals surface area contributed by atoms with Crippen LogP contribution in [0.5, 0.6) is 0 Å². The molecule has 0 saturated heterocycles. The molecule has 0 aliphatic rings. The van der Waals surface area contributed by atoms with Gasteiger partial charge in [-0.3, -0.25) is 9.78 Å². The van der Waals surface area contributed by atoms with Gasteiger partial charge in [0, 0.05) is 25.2 Å². The summed E-state index contributed by atoms with van der Waals surface area (Å²) in [5.41, 5.74) is 0.904. The number of hydrogen-bond donors (Lipinski definition) is 0. The van der Waals surface area contributed by atoms with Gasteiger partial charge in [-0.25, -0.2) is 8.78 Å². The standard InChI is InChI=1S/C14H11F2NO/c15-12-1-2-14(16)11(8-12)9-13(18)7-10-3-5-17-6-4-10/h1-6,8H,7,9H2. The topological polar surface area (TPSA) is 30.0 Å². The lowest BCUT2D eigenvalue weighted by molar-refractivity contribution is -0.117. The summed E-state index contributed by atoms with van der Waals surface area (Å²) in [5.74, 6) is -1.26. The third-order valence-electron chi connectivity index (χ3n) is 2.55. The van der Waals surface area contributed by atoms with Gasteiger partial charge < -0.3 is 0 Å². The van der Waals surface area contributed by atoms with Crippen LogP contribution < -0.4 is 0 Å². The number of Topliss-reactive ketones (excluding diaryl/α,β-unsaturated/α-hetero) is 1. The highest BCUT2D eigenvalue weighted by Gasteiger charge is 2.10. The molecule has 0 aliphatic heterocycles. The third kappa shape index (κ3) is 3.20. The normalized spacial score (nSPS) is 10.3. The number of hydrogen-bond acceptors (Lipinski definition) is 2. The predicted molar refractivity (Wildman–Crippen MR) is 63.0 cm³/mol. The first-order valence-electron chi connectivity index (χ1n) is 5.49. The van der Waals surface area contributed by atoms with Crippen LogP contribution in [0.25, 0.3) is 0 Å². The van der Waals surface area contributed by atoms with E-state index in [0.717, 1.165) is 23.8 Å². The molecule has 1 aromatic heterocycles. The van der Waals surface area contributed by atoms with Crippen molar-refractivity contribution in [2.45, 2.75) is 12.8 Å². The van der Waals surface area contributed by atoms with Crippen LogP contribution in [-0.4, -0.2) is 10.8 Å². The van der Waals surface area contributed by atoms with Crippen molar-refractivity contribution in [1.29, 1.82) is 0 Å². The highest BCUT2D eigenvalue weighted by Crippen LogP contribution is 2.12. The van der Waals surface area contributed by atoms with Crippen LogP contribution in [0.2, 0.25) is 0 Å². The maximum absolute atomic E-state index is 13.3. The fraction of sp³-hybridized carbons (Fsp3) is 0.143. The lowest BCUT2D eigenvalue weighted by Crippen LogP contribution is -2.08. The molecule has 0 amide bonds. The Morgan fingerprint density at radius 1 is 1.06 bits per heavy atom. The summed E-state index contributed by atoms with van der Waals surface area (Å²) in [6.07, 6.45) is 3.27. The molecule has 1 heterocycles. The molecule has 0 atom stereocenters. The summed E-state index contributed by atoms with van der Waals surface area (Å²) in [4.78, 5) is 15.6. The number of carbonyl (C=O) groups excluding carboxylic acids is 1. The monoisotopic (exact) mass is 247 g/mol. The SMILES string of the molecule is O=C(Cc1ccncc1)Cc1cc(F)ccc1F. The highest BCUT2D eigenvalue weighted by molar-refractivity contribution is 5.83. The van der Waals surface area contributed by atoms with Crippen LogP contribution in [0.1, 0.15) is 11.1 Å². The van der Waals surface area contributed by atoms with Gasteiger partial charge in [-0.05, 0) is 41.5 Å². The van der Waals surface area contributed by atoms with Crippen molar-refractivity contribution in [3.63, 3.8) is 0 Å². The second-order valence-electron chi connectivity index (χ2n) is 3.98. The highest BCUT2D eigenvalue weighted by atomic mass is 19.1. The quantitative estimate of drug-likeness (QED) is 0.831. The molecule has 2 nitrogen and oxygen atoms in total. The van der Waals surface area contributed by atoms with Gasteiger partial charge in [0.05, 0.1) is 0 Å². The van der Waals surface area contributed by atoms with Crippen molar-refractivity contribution in [2.75, 3.05) is 0 Å². The number of aromatic nitrogens is 1. The first-order valence-corrected chi connectivity index (χ1v) is 5.49. The zero-order chi connectivity index (χ0) is 13.0.